The number of aromatic nitrogens is 1. The standard InChI is InChI=1S/C23H19FN4O/c24-19-9-5-16(6-10-19)14-28-15-18(21-3-1-2-4-22(21)28)13-26-27-23(29)17-7-11-20(25)12-8-17/h1-13,15H,14,25H2,(H,27,29)/b26-13-. The van der Waals surface area contributed by atoms with Gasteiger partial charge in [-0.2, -0.15) is 5.10 Å². The quantitative estimate of drug-likeness (QED) is 0.307. The average Bonchev–Trinajstić information content (AvgIpc) is 3.08. The number of rotatable bonds is 5. The summed E-state index contributed by atoms with van der Waals surface area (Å²) in [6.45, 7) is 0.604. The summed E-state index contributed by atoms with van der Waals surface area (Å²) in [5.41, 5.74) is 12.2. The number of hydrogen-bond acceptors (Lipinski definition) is 3. The highest BCUT2D eigenvalue weighted by Crippen LogP contribution is 2.21. The number of para-hydroxylation sites is 1. The third-order valence-corrected chi connectivity index (χ3v) is 4.63. The van der Waals surface area contributed by atoms with E-state index in [0.717, 1.165) is 22.0 Å². The molecule has 0 atom stereocenters. The zero-order chi connectivity index (χ0) is 20.2. The van der Waals surface area contributed by atoms with Gasteiger partial charge in [0.25, 0.3) is 5.91 Å². The Balaban J connectivity index is 1.55. The minimum atomic E-state index is -0.309. The minimum absolute atomic E-state index is 0.254. The fraction of sp³-hybridized carbons (Fsp3) is 0.0435. The lowest BCUT2D eigenvalue weighted by Gasteiger charge is -2.05. The van der Waals surface area contributed by atoms with Crippen LogP contribution in [0.2, 0.25) is 0 Å². The van der Waals surface area contributed by atoms with E-state index >= 15 is 0 Å². The fourth-order valence-electron chi connectivity index (χ4n) is 3.15. The van der Waals surface area contributed by atoms with Crippen LogP contribution < -0.4 is 11.2 Å². The van der Waals surface area contributed by atoms with E-state index in [4.69, 9.17) is 5.73 Å². The Bertz CT molecular complexity index is 1180. The summed E-state index contributed by atoms with van der Waals surface area (Å²) >= 11 is 0. The van der Waals surface area contributed by atoms with E-state index in [1.54, 1.807) is 42.6 Å². The lowest BCUT2D eigenvalue weighted by molar-refractivity contribution is 0.0955. The van der Waals surface area contributed by atoms with E-state index in [1.165, 1.54) is 12.1 Å². The Morgan fingerprint density at radius 2 is 1.76 bits per heavy atom. The lowest BCUT2D eigenvalue weighted by Crippen LogP contribution is -2.17. The number of nitrogens with two attached hydrogens (primary N) is 1. The average molecular weight is 386 g/mol. The van der Waals surface area contributed by atoms with Crippen molar-refractivity contribution in [3.8, 4) is 0 Å². The second-order valence-corrected chi connectivity index (χ2v) is 6.68. The molecule has 3 aromatic carbocycles. The molecule has 0 fully saturated rings. The van der Waals surface area contributed by atoms with Crippen LogP contribution in [-0.2, 0) is 6.54 Å². The van der Waals surface area contributed by atoms with Gasteiger partial charge in [-0.25, -0.2) is 9.82 Å². The molecule has 4 aromatic rings. The second kappa shape index (κ2) is 7.98. The van der Waals surface area contributed by atoms with Crippen LogP contribution in [0.3, 0.4) is 0 Å². The summed E-state index contributed by atoms with van der Waals surface area (Å²) in [6, 6.07) is 21.0. The smallest absolute Gasteiger partial charge is 0.271 e. The van der Waals surface area contributed by atoms with Crippen LogP contribution in [0.5, 0.6) is 0 Å². The van der Waals surface area contributed by atoms with Crippen molar-refractivity contribution in [1.82, 2.24) is 9.99 Å². The Morgan fingerprint density at radius 1 is 1.03 bits per heavy atom. The highest BCUT2D eigenvalue weighted by Gasteiger charge is 2.08. The normalized spacial score (nSPS) is 11.2. The predicted molar refractivity (Wildman–Crippen MR) is 113 cm³/mol. The van der Waals surface area contributed by atoms with Crippen molar-refractivity contribution < 1.29 is 9.18 Å². The van der Waals surface area contributed by atoms with Gasteiger partial charge >= 0.3 is 0 Å². The molecule has 0 aliphatic heterocycles. The number of nitrogen functional groups attached to an aromatic ring is 1. The summed E-state index contributed by atoms with van der Waals surface area (Å²) < 4.78 is 15.2. The van der Waals surface area contributed by atoms with Crippen LogP contribution in [0.15, 0.2) is 84.1 Å². The molecule has 0 spiro atoms. The second-order valence-electron chi connectivity index (χ2n) is 6.68. The molecule has 29 heavy (non-hydrogen) atoms. The number of amides is 1. The van der Waals surface area contributed by atoms with E-state index < -0.39 is 0 Å². The van der Waals surface area contributed by atoms with Crippen LogP contribution in [0.25, 0.3) is 10.9 Å². The van der Waals surface area contributed by atoms with Crippen LogP contribution in [0.4, 0.5) is 10.1 Å². The first-order valence-electron chi connectivity index (χ1n) is 9.11. The van der Waals surface area contributed by atoms with E-state index in [0.29, 0.717) is 17.8 Å². The minimum Gasteiger partial charge on any atom is -0.399 e. The molecule has 144 valence electrons. The van der Waals surface area contributed by atoms with Gasteiger partial charge < -0.3 is 10.3 Å². The lowest BCUT2D eigenvalue weighted by atomic mass is 10.2. The molecule has 5 nitrogen and oxygen atoms in total. The molecule has 1 amide bonds. The van der Waals surface area contributed by atoms with Gasteiger partial charge in [-0.05, 0) is 48.0 Å². The number of nitrogens with one attached hydrogen (secondary N) is 1. The molecule has 1 heterocycles. The van der Waals surface area contributed by atoms with Crippen LogP contribution in [0, 0.1) is 5.82 Å². The molecule has 0 bridgehead atoms. The van der Waals surface area contributed by atoms with Gasteiger partial charge in [-0.1, -0.05) is 30.3 Å². The highest BCUT2D eigenvalue weighted by atomic mass is 19.1. The molecule has 3 N–H and O–H groups in total. The number of fused-ring (bicyclic) bond motifs is 1. The molecule has 0 aliphatic rings. The van der Waals surface area contributed by atoms with Gasteiger partial charge in [0.1, 0.15) is 5.82 Å². The third-order valence-electron chi connectivity index (χ3n) is 4.63. The van der Waals surface area contributed by atoms with Crippen LogP contribution in [-0.4, -0.2) is 16.7 Å². The fourth-order valence-corrected chi connectivity index (χ4v) is 3.15. The van der Waals surface area contributed by atoms with Crippen molar-refractivity contribution in [2.45, 2.75) is 6.54 Å². The Kier molecular flexibility index (Phi) is 5.07. The Labute approximate surface area is 167 Å². The number of halogens is 1. The van der Waals surface area contributed by atoms with Crippen molar-refractivity contribution in [2.75, 3.05) is 5.73 Å². The number of hydrazone groups is 1. The van der Waals surface area contributed by atoms with E-state index in [1.807, 2.05) is 30.5 Å². The van der Waals surface area contributed by atoms with E-state index in [9.17, 15) is 9.18 Å². The first-order chi connectivity index (χ1) is 14.1. The summed E-state index contributed by atoms with van der Waals surface area (Å²) in [5.74, 6) is -0.563. The summed E-state index contributed by atoms with van der Waals surface area (Å²) in [5, 5.41) is 5.12. The molecular formula is C23H19FN4O. The summed E-state index contributed by atoms with van der Waals surface area (Å²) in [6.07, 6.45) is 3.59. The highest BCUT2D eigenvalue weighted by molar-refractivity contribution is 6.00. The van der Waals surface area contributed by atoms with Crippen LogP contribution in [0.1, 0.15) is 21.5 Å². The van der Waals surface area contributed by atoms with E-state index in [2.05, 4.69) is 15.1 Å². The molecule has 0 radical (unpaired) electrons. The van der Waals surface area contributed by atoms with E-state index in [-0.39, 0.29) is 11.7 Å². The van der Waals surface area contributed by atoms with Gasteiger partial charge in [-0.3, -0.25) is 4.79 Å². The molecule has 0 saturated carbocycles. The molecule has 0 aliphatic carbocycles. The van der Waals surface area contributed by atoms with Gasteiger partial charge in [0.05, 0.1) is 6.21 Å². The zero-order valence-corrected chi connectivity index (χ0v) is 15.5. The Hall–Kier alpha value is -3.93. The molecule has 0 saturated heterocycles. The number of carbonyl (C=O) groups is 1. The van der Waals surface area contributed by atoms with Crippen molar-refractivity contribution in [2.24, 2.45) is 5.10 Å². The van der Waals surface area contributed by atoms with Crippen molar-refractivity contribution in [3.63, 3.8) is 0 Å². The maximum absolute atomic E-state index is 13.2. The SMILES string of the molecule is Nc1ccc(C(=O)N/N=C\c2cn(Cc3ccc(F)cc3)c3ccccc23)cc1. The monoisotopic (exact) mass is 386 g/mol. The van der Waals surface area contributed by atoms with Gasteiger partial charge in [0.15, 0.2) is 0 Å². The number of carbonyl (C=O) groups excluding carboxylic acids is 1. The van der Waals surface area contributed by atoms with Gasteiger partial charge in [0.2, 0.25) is 0 Å². The number of benzene rings is 3. The van der Waals surface area contributed by atoms with Gasteiger partial charge in [-0.15, -0.1) is 0 Å². The molecule has 1 aromatic heterocycles. The zero-order valence-electron chi connectivity index (χ0n) is 15.5. The summed E-state index contributed by atoms with van der Waals surface area (Å²) in [7, 11) is 0. The first-order valence-corrected chi connectivity index (χ1v) is 9.11. The molecule has 4 rings (SSSR count). The maximum atomic E-state index is 13.2. The first kappa shape index (κ1) is 18.4. The molecule has 6 heteroatoms. The largest absolute Gasteiger partial charge is 0.399 e. The molecule has 0 unspecified atom stereocenters. The Morgan fingerprint density at radius 3 is 2.52 bits per heavy atom. The van der Waals surface area contributed by atoms with Crippen molar-refractivity contribution in [1.29, 1.82) is 0 Å². The van der Waals surface area contributed by atoms with Crippen molar-refractivity contribution >= 4 is 28.7 Å². The summed E-state index contributed by atoms with van der Waals surface area (Å²) in [4.78, 5) is 12.2. The number of anilines is 1. The number of nitrogens with zero attached hydrogens (tertiary/aromatic N) is 2. The van der Waals surface area contributed by atoms with Crippen LogP contribution >= 0.6 is 0 Å². The maximum Gasteiger partial charge on any atom is 0.271 e. The topological polar surface area (TPSA) is 72.4 Å². The van der Waals surface area contributed by atoms with Crippen molar-refractivity contribution in [3.05, 3.63) is 102 Å². The number of hydrogen-bond donors (Lipinski definition) is 2. The predicted octanol–water partition coefficient (Wildman–Crippen LogP) is 4.17. The molecular weight excluding hydrogens is 367 g/mol. The van der Waals surface area contributed by atoms with Gasteiger partial charge in [0, 0.05) is 40.5 Å². The third kappa shape index (κ3) is 4.16.